The van der Waals surface area contributed by atoms with E-state index < -0.39 is 29.6 Å². The monoisotopic (exact) mass is 425 g/mol. The molecule has 0 aliphatic carbocycles. The molecule has 1 N–H and O–H groups in total. The highest BCUT2D eigenvalue weighted by Crippen LogP contribution is 2.34. The summed E-state index contributed by atoms with van der Waals surface area (Å²) in [6.45, 7) is 5.43. The summed E-state index contributed by atoms with van der Waals surface area (Å²) in [4.78, 5) is 51.4. The predicted octanol–water partition coefficient (Wildman–Crippen LogP) is 2.77. The van der Waals surface area contributed by atoms with Crippen molar-refractivity contribution in [2.24, 2.45) is 0 Å². The first-order valence-electron chi connectivity index (χ1n) is 10.1. The van der Waals surface area contributed by atoms with E-state index in [1.807, 2.05) is 45.0 Å². The minimum atomic E-state index is -0.677. The topological polar surface area (TPSA) is 96.0 Å². The number of esters is 1. The van der Waals surface area contributed by atoms with Crippen LogP contribution in [0, 0.1) is 0 Å². The predicted molar refractivity (Wildman–Crippen MR) is 114 cm³/mol. The molecule has 1 fully saturated rings. The molecule has 4 amide bonds. The number of urea groups is 1. The SMILES string of the molecule is CN1C(=O)[C@H](N2C=CCC(=O)NC2=O)C[C@H]1c1ccc(/C=C/C(=O)OC(C)(C)C)cc1. The Labute approximate surface area is 181 Å². The maximum atomic E-state index is 12.8. The van der Waals surface area contributed by atoms with Crippen molar-refractivity contribution < 1.29 is 23.9 Å². The molecular weight excluding hydrogens is 398 g/mol. The van der Waals surface area contributed by atoms with Crippen LogP contribution in [0.4, 0.5) is 4.79 Å². The van der Waals surface area contributed by atoms with Crippen LogP contribution in [0.25, 0.3) is 6.08 Å². The van der Waals surface area contributed by atoms with Crippen LogP contribution in [0.5, 0.6) is 0 Å². The molecule has 0 radical (unpaired) electrons. The van der Waals surface area contributed by atoms with Crippen molar-refractivity contribution >= 4 is 29.9 Å². The molecule has 8 nitrogen and oxygen atoms in total. The van der Waals surface area contributed by atoms with E-state index in [1.54, 1.807) is 24.1 Å². The second kappa shape index (κ2) is 8.75. The van der Waals surface area contributed by atoms with E-state index in [4.69, 9.17) is 4.74 Å². The van der Waals surface area contributed by atoms with Crippen LogP contribution in [0.2, 0.25) is 0 Å². The van der Waals surface area contributed by atoms with E-state index >= 15 is 0 Å². The average Bonchev–Trinajstić information content (AvgIpc) is 2.86. The van der Waals surface area contributed by atoms with E-state index in [1.165, 1.54) is 17.2 Å². The van der Waals surface area contributed by atoms with Gasteiger partial charge >= 0.3 is 12.0 Å². The maximum Gasteiger partial charge on any atom is 0.331 e. The van der Waals surface area contributed by atoms with Crippen molar-refractivity contribution in [3.63, 3.8) is 0 Å². The van der Waals surface area contributed by atoms with Gasteiger partial charge in [0.1, 0.15) is 11.6 Å². The summed E-state index contributed by atoms with van der Waals surface area (Å²) in [6.07, 6.45) is 6.64. The lowest BCUT2D eigenvalue weighted by Gasteiger charge is -2.22. The normalized spacial score (nSPS) is 22.1. The molecule has 0 saturated carbocycles. The summed E-state index contributed by atoms with van der Waals surface area (Å²) >= 11 is 0. The number of hydrogen-bond donors (Lipinski definition) is 1. The fourth-order valence-corrected chi connectivity index (χ4v) is 3.60. The number of nitrogens with zero attached hydrogens (tertiary/aromatic N) is 2. The van der Waals surface area contributed by atoms with Gasteiger partial charge in [-0.2, -0.15) is 0 Å². The van der Waals surface area contributed by atoms with E-state index in [0.717, 1.165) is 11.1 Å². The number of hydrogen-bond acceptors (Lipinski definition) is 5. The molecule has 2 aliphatic rings. The fraction of sp³-hybridized carbons (Fsp3) is 0.391. The summed E-state index contributed by atoms with van der Waals surface area (Å²) in [6, 6.07) is 6.04. The van der Waals surface area contributed by atoms with Gasteiger partial charge in [-0.05, 0) is 38.0 Å². The standard InChI is InChI=1S/C23H27N3O5/c1-23(2,3)31-20(28)12-9-15-7-10-16(11-8-15)17-14-18(21(29)25(17)4)26-13-5-6-19(27)24-22(26)30/h5,7-13,17-18H,6,14H2,1-4H3,(H,24,27,30)/b12-9+/t17-,18+/m0/s1. The molecule has 0 unspecified atom stereocenters. The van der Waals surface area contributed by atoms with E-state index in [2.05, 4.69) is 5.32 Å². The van der Waals surface area contributed by atoms with Crippen molar-refractivity contribution in [2.75, 3.05) is 7.05 Å². The molecule has 31 heavy (non-hydrogen) atoms. The number of nitrogens with one attached hydrogen (secondary N) is 1. The molecule has 3 rings (SSSR count). The molecule has 0 bridgehead atoms. The first-order chi connectivity index (χ1) is 14.5. The van der Waals surface area contributed by atoms with Gasteiger partial charge in [-0.1, -0.05) is 30.3 Å². The Kier molecular flexibility index (Phi) is 6.29. The van der Waals surface area contributed by atoms with Gasteiger partial charge in [-0.15, -0.1) is 0 Å². The van der Waals surface area contributed by atoms with Gasteiger partial charge in [0.25, 0.3) is 0 Å². The van der Waals surface area contributed by atoms with Crippen LogP contribution < -0.4 is 5.32 Å². The van der Waals surface area contributed by atoms with Crippen LogP contribution in [0.3, 0.4) is 0 Å². The fourth-order valence-electron chi connectivity index (χ4n) is 3.60. The summed E-state index contributed by atoms with van der Waals surface area (Å²) in [5.74, 6) is -0.995. The first kappa shape index (κ1) is 22.3. The number of ether oxygens (including phenoxy) is 1. The van der Waals surface area contributed by atoms with Crippen molar-refractivity contribution in [2.45, 2.75) is 51.3 Å². The number of benzene rings is 1. The lowest BCUT2D eigenvalue weighted by atomic mass is 10.0. The minimum absolute atomic E-state index is 0.0979. The Balaban J connectivity index is 1.70. The van der Waals surface area contributed by atoms with Gasteiger partial charge < -0.3 is 9.64 Å². The molecule has 1 saturated heterocycles. The quantitative estimate of drug-likeness (QED) is 0.591. The Morgan fingerprint density at radius 1 is 1.13 bits per heavy atom. The van der Waals surface area contributed by atoms with Crippen LogP contribution in [-0.2, 0) is 19.1 Å². The van der Waals surface area contributed by atoms with Crippen molar-refractivity contribution in [3.05, 3.63) is 53.7 Å². The molecule has 1 aromatic rings. The lowest BCUT2D eigenvalue weighted by Crippen LogP contribution is -2.46. The Morgan fingerprint density at radius 2 is 1.81 bits per heavy atom. The van der Waals surface area contributed by atoms with Gasteiger partial charge in [0, 0.05) is 32.2 Å². The van der Waals surface area contributed by atoms with Gasteiger partial charge in [0.2, 0.25) is 11.8 Å². The van der Waals surface area contributed by atoms with Gasteiger partial charge in [-0.25, -0.2) is 9.59 Å². The third kappa shape index (κ3) is 5.39. The Hall–Kier alpha value is -3.42. The molecule has 2 atom stereocenters. The van der Waals surface area contributed by atoms with Gasteiger partial charge in [0.15, 0.2) is 0 Å². The van der Waals surface area contributed by atoms with Crippen LogP contribution in [0.15, 0.2) is 42.6 Å². The molecule has 1 aromatic carbocycles. The Bertz CT molecular complexity index is 943. The van der Waals surface area contributed by atoms with Gasteiger partial charge in [0.05, 0.1) is 6.04 Å². The summed E-state index contributed by atoms with van der Waals surface area (Å²) in [5.41, 5.74) is 1.20. The molecule has 0 aromatic heterocycles. The molecule has 0 spiro atoms. The van der Waals surface area contributed by atoms with Gasteiger partial charge in [-0.3, -0.25) is 19.8 Å². The Morgan fingerprint density at radius 3 is 2.45 bits per heavy atom. The molecular formula is C23H27N3O5. The zero-order valence-electron chi connectivity index (χ0n) is 18.1. The number of carbonyl (C=O) groups is 4. The number of imide groups is 1. The van der Waals surface area contributed by atoms with Crippen molar-refractivity contribution in [1.82, 2.24) is 15.1 Å². The zero-order chi connectivity index (χ0) is 22.8. The molecule has 164 valence electrons. The molecule has 2 heterocycles. The third-order valence-electron chi connectivity index (χ3n) is 5.07. The number of likely N-dealkylation sites (N-methyl/N-ethyl adjacent to an activating group) is 1. The number of amides is 4. The highest BCUT2D eigenvalue weighted by molar-refractivity contribution is 5.99. The first-order valence-corrected chi connectivity index (χ1v) is 10.1. The molecule has 8 heteroatoms. The van der Waals surface area contributed by atoms with E-state index in [-0.39, 0.29) is 18.4 Å². The highest BCUT2D eigenvalue weighted by atomic mass is 16.6. The highest BCUT2D eigenvalue weighted by Gasteiger charge is 2.43. The largest absolute Gasteiger partial charge is 0.457 e. The third-order valence-corrected chi connectivity index (χ3v) is 5.07. The van der Waals surface area contributed by atoms with Crippen LogP contribution >= 0.6 is 0 Å². The zero-order valence-corrected chi connectivity index (χ0v) is 18.1. The number of likely N-dealkylation sites (tertiary alicyclic amines) is 1. The van der Waals surface area contributed by atoms with Crippen molar-refractivity contribution in [1.29, 1.82) is 0 Å². The lowest BCUT2D eigenvalue weighted by molar-refractivity contribution is -0.148. The van der Waals surface area contributed by atoms with E-state index in [9.17, 15) is 19.2 Å². The van der Waals surface area contributed by atoms with E-state index in [0.29, 0.717) is 6.42 Å². The average molecular weight is 425 g/mol. The van der Waals surface area contributed by atoms with Crippen molar-refractivity contribution in [3.8, 4) is 0 Å². The second-order valence-corrected chi connectivity index (χ2v) is 8.60. The van der Waals surface area contributed by atoms with Crippen LogP contribution in [0.1, 0.15) is 50.8 Å². The number of rotatable bonds is 4. The second-order valence-electron chi connectivity index (χ2n) is 8.60. The molecule has 2 aliphatic heterocycles. The number of carbonyl (C=O) groups excluding carboxylic acids is 4. The summed E-state index contributed by atoms with van der Waals surface area (Å²) in [7, 11) is 1.70. The summed E-state index contributed by atoms with van der Waals surface area (Å²) in [5, 5.41) is 2.27. The minimum Gasteiger partial charge on any atom is -0.457 e. The smallest absolute Gasteiger partial charge is 0.331 e. The summed E-state index contributed by atoms with van der Waals surface area (Å²) < 4.78 is 5.25. The maximum absolute atomic E-state index is 12.8. The van der Waals surface area contributed by atoms with Crippen LogP contribution in [-0.4, -0.2) is 52.3 Å².